The summed E-state index contributed by atoms with van der Waals surface area (Å²) in [6.07, 6.45) is 4.51. The number of nitrogens with one attached hydrogen (secondary N) is 1. The van der Waals surface area contributed by atoms with Gasteiger partial charge >= 0.3 is 0 Å². The molecule has 0 rings (SSSR count). The van der Waals surface area contributed by atoms with Gasteiger partial charge in [0.1, 0.15) is 0 Å². The Morgan fingerprint density at radius 3 is 1.43 bits per heavy atom. The summed E-state index contributed by atoms with van der Waals surface area (Å²) < 4.78 is 0. The SMILES string of the molecule is CCCCN.NCCCNCCCN. The van der Waals surface area contributed by atoms with Crippen LogP contribution in [0.5, 0.6) is 0 Å². The van der Waals surface area contributed by atoms with E-state index in [4.69, 9.17) is 17.2 Å². The van der Waals surface area contributed by atoms with E-state index in [1.54, 1.807) is 0 Å². The lowest BCUT2D eigenvalue weighted by Gasteiger charge is -2.00. The van der Waals surface area contributed by atoms with Crippen LogP contribution in [-0.4, -0.2) is 32.7 Å². The van der Waals surface area contributed by atoms with Crippen molar-refractivity contribution < 1.29 is 0 Å². The van der Waals surface area contributed by atoms with Crippen molar-refractivity contribution in [3.05, 3.63) is 0 Å². The summed E-state index contributed by atoms with van der Waals surface area (Å²) in [5, 5.41) is 3.23. The van der Waals surface area contributed by atoms with E-state index in [9.17, 15) is 0 Å². The Morgan fingerprint density at radius 1 is 0.786 bits per heavy atom. The Kier molecular flexibility index (Phi) is 21.6. The molecule has 7 N–H and O–H groups in total. The number of nitrogens with two attached hydrogens (primary N) is 3. The molecule has 0 bridgehead atoms. The number of unbranched alkanes of at least 4 members (excludes halogenated alkanes) is 1. The summed E-state index contributed by atoms with van der Waals surface area (Å²) in [5.74, 6) is 0. The molecule has 0 spiro atoms. The Morgan fingerprint density at radius 2 is 1.21 bits per heavy atom. The quantitative estimate of drug-likeness (QED) is 0.420. The van der Waals surface area contributed by atoms with E-state index in [2.05, 4.69) is 12.2 Å². The number of hydrogen-bond acceptors (Lipinski definition) is 4. The van der Waals surface area contributed by atoms with Gasteiger partial charge in [0.25, 0.3) is 0 Å². The minimum atomic E-state index is 0.773. The fourth-order valence-corrected chi connectivity index (χ4v) is 0.783. The van der Waals surface area contributed by atoms with Crippen molar-refractivity contribution in [1.82, 2.24) is 5.32 Å². The monoisotopic (exact) mass is 204 g/mol. The van der Waals surface area contributed by atoms with Crippen LogP contribution in [0.25, 0.3) is 0 Å². The highest BCUT2D eigenvalue weighted by Crippen LogP contribution is 1.77. The molecule has 14 heavy (non-hydrogen) atoms. The molecule has 0 atom stereocenters. The molecule has 0 aliphatic heterocycles. The maximum atomic E-state index is 5.28. The molecule has 4 heteroatoms. The zero-order valence-corrected chi connectivity index (χ0v) is 9.60. The highest BCUT2D eigenvalue weighted by Gasteiger charge is 1.83. The van der Waals surface area contributed by atoms with Crippen molar-refractivity contribution in [2.24, 2.45) is 17.2 Å². The lowest BCUT2D eigenvalue weighted by atomic mass is 10.3. The molecule has 0 aliphatic carbocycles. The lowest BCUT2D eigenvalue weighted by Crippen LogP contribution is -2.21. The molecular formula is C10H28N4. The van der Waals surface area contributed by atoms with E-state index >= 15 is 0 Å². The fourth-order valence-electron chi connectivity index (χ4n) is 0.783. The predicted octanol–water partition coefficient (Wildman–Crippen LogP) is 0.0188. The summed E-state index contributed by atoms with van der Waals surface area (Å²) in [4.78, 5) is 0. The second-order valence-corrected chi connectivity index (χ2v) is 3.18. The van der Waals surface area contributed by atoms with Crippen molar-refractivity contribution in [2.75, 3.05) is 32.7 Å². The van der Waals surface area contributed by atoms with Crippen LogP contribution in [0.2, 0.25) is 0 Å². The van der Waals surface area contributed by atoms with Gasteiger partial charge in [0.2, 0.25) is 0 Å². The Hall–Kier alpha value is -0.160. The number of hydrogen-bond donors (Lipinski definition) is 4. The van der Waals surface area contributed by atoms with Gasteiger partial charge in [0.05, 0.1) is 0 Å². The molecule has 0 unspecified atom stereocenters. The van der Waals surface area contributed by atoms with Crippen LogP contribution in [-0.2, 0) is 0 Å². The van der Waals surface area contributed by atoms with Crippen molar-refractivity contribution >= 4 is 0 Å². The van der Waals surface area contributed by atoms with Crippen LogP contribution >= 0.6 is 0 Å². The van der Waals surface area contributed by atoms with E-state index in [1.165, 1.54) is 12.8 Å². The second kappa shape index (κ2) is 18.6. The predicted molar refractivity (Wildman–Crippen MR) is 64.2 cm³/mol. The summed E-state index contributed by atoms with van der Waals surface area (Å²) in [7, 11) is 0. The first kappa shape index (κ1) is 16.3. The third-order valence-electron chi connectivity index (χ3n) is 1.67. The second-order valence-electron chi connectivity index (χ2n) is 3.18. The van der Waals surface area contributed by atoms with Crippen molar-refractivity contribution in [1.29, 1.82) is 0 Å². The van der Waals surface area contributed by atoms with Gasteiger partial charge in [0.15, 0.2) is 0 Å². The van der Waals surface area contributed by atoms with Gasteiger partial charge in [0, 0.05) is 0 Å². The van der Waals surface area contributed by atoms with Gasteiger partial charge in [-0.2, -0.15) is 0 Å². The minimum Gasteiger partial charge on any atom is -0.330 e. The first-order valence-corrected chi connectivity index (χ1v) is 5.64. The Bertz CT molecular complexity index is 70.5. The molecule has 0 fully saturated rings. The molecule has 4 nitrogen and oxygen atoms in total. The average molecular weight is 204 g/mol. The minimum absolute atomic E-state index is 0.773. The van der Waals surface area contributed by atoms with Gasteiger partial charge in [-0.1, -0.05) is 13.3 Å². The van der Waals surface area contributed by atoms with Crippen LogP contribution in [0, 0.1) is 0 Å². The molecule has 0 saturated carbocycles. The van der Waals surface area contributed by atoms with Gasteiger partial charge in [-0.3, -0.25) is 0 Å². The molecule has 0 aromatic heterocycles. The molecule has 0 heterocycles. The van der Waals surface area contributed by atoms with E-state index < -0.39 is 0 Å². The summed E-state index contributed by atoms with van der Waals surface area (Å²) in [6.45, 7) is 6.57. The third kappa shape index (κ3) is 22.6. The van der Waals surface area contributed by atoms with Gasteiger partial charge in [-0.15, -0.1) is 0 Å². The maximum Gasteiger partial charge on any atom is -0.00369 e. The average Bonchev–Trinajstić information content (AvgIpc) is 2.20. The fraction of sp³-hybridized carbons (Fsp3) is 1.00. The molecule has 0 radical (unpaired) electrons. The molecule has 0 aliphatic rings. The summed E-state index contributed by atoms with van der Waals surface area (Å²) in [5.41, 5.74) is 15.7. The highest BCUT2D eigenvalue weighted by molar-refractivity contribution is 4.48. The first-order valence-electron chi connectivity index (χ1n) is 5.64. The zero-order valence-electron chi connectivity index (χ0n) is 9.60. The van der Waals surface area contributed by atoms with Gasteiger partial charge in [-0.25, -0.2) is 0 Å². The van der Waals surface area contributed by atoms with E-state index in [-0.39, 0.29) is 0 Å². The normalized spacial score (nSPS) is 9.43. The molecule has 0 aromatic rings. The van der Waals surface area contributed by atoms with E-state index in [0.717, 1.165) is 45.6 Å². The molecule has 0 aromatic carbocycles. The van der Waals surface area contributed by atoms with E-state index in [0.29, 0.717) is 0 Å². The smallest absolute Gasteiger partial charge is 0.00369 e. The van der Waals surface area contributed by atoms with Crippen LogP contribution in [0.4, 0.5) is 0 Å². The summed E-state index contributed by atoms with van der Waals surface area (Å²) >= 11 is 0. The number of rotatable bonds is 8. The molecule has 0 saturated heterocycles. The van der Waals surface area contributed by atoms with Crippen LogP contribution in [0.15, 0.2) is 0 Å². The zero-order chi connectivity index (χ0) is 11.1. The van der Waals surface area contributed by atoms with Gasteiger partial charge in [-0.05, 0) is 52.0 Å². The third-order valence-corrected chi connectivity index (χ3v) is 1.67. The Balaban J connectivity index is 0. The first-order chi connectivity index (χ1) is 6.83. The van der Waals surface area contributed by atoms with Crippen LogP contribution in [0.3, 0.4) is 0 Å². The summed E-state index contributed by atoms with van der Waals surface area (Å²) in [6, 6.07) is 0. The molecule has 0 amide bonds. The van der Waals surface area contributed by atoms with Crippen molar-refractivity contribution in [3.8, 4) is 0 Å². The van der Waals surface area contributed by atoms with E-state index in [1.807, 2.05) is 0 Å². The van der Waals surface area contributed by atoms with Gasteiger partial charge < -0.3 is 22.5 Å². The van der Waals surface area contributed by atoms with Crippen molar-refractivity contribution in [3.63, 3.8) is 0 Å². The maximum absolute atomic E-state index is 5.28. The highest BCUT2D eigenvalue weighted by atomic mass is 14.8. The standard InChI is InChI=1S/C6H17N3.C4H11N/c7-3-1-5-9-6-2-4-8;1-2-3-4-5/h9H,1-8H2;2-5H2,1H3. The van der Waals surface area contributed by atoms with Crippen LogP contribution < -0.4 is 22.5 Å². The Labute approximate surface area is 88.6 Å². The molecular weight excluding hydrogens is 176 g/mol. The largest absolute Gasteiger partial charge is 0.330 e. The lowest BCUT2D eigenvalue weighted by molar-refractivity contribution is 0.631. The molecule has 88 valence electrons. The van der Waals surface area contributed by atoms with Crippen LogP contribution in [0.1, 0.15) is 32.6 Å². The topological polar surface area (TPSA) is 90.1 Å². The van der Waals surface area contributed by atoms with Crippen molar-refractivity contribution in [2.45, 2.75) is 32.6 Å².